The zero-order valence-electron chi connectivity index (χ0n) is 15.7. The molecule has 0 N–H and O–H groups in total. The van der Waals surface area contributed by atoms with Gasteiger partial charge >= 0.3 is 0 Å². The van der Waals surface area contributed by atoms with Crippen LogP contribution in [0.3, 0.4) is 0 Å². The van der Waals surface area contributed by atoms with Gasteiger partial charge in [-0.3, -0.25) is 0 Å². The van der Waals surface area contributed by atoms with Crippen LogP contribution >= 0.6 is 27.5 Å². The Bertz CT molecular complexity index is 1100. The van der Waals surface area contributed by atoms with E-state index in [9.17, 15) is 0 Å². The quantitative estimate of drug-likeness (QED) is 0.448. The highest BCUT2D eigenvalue weighted by Crippen LogP contribution is 2.48. The molecule has 2 aliphatic rings. The number of hydrogen-bond donors (Lipinski definition) is 0. The van der Waals surface area contributed by atoms with Gasteiger partial charge in [-0.1, -0.05) is 41.9 Å². The monoisotopic (exact) mass is 468 g/mol. The van der Waals surface area contributed by atoms with E-state index in [-0.39, 0.29) is 12.3 Å². The van der Waals surface area contributed by atoms with Crippen molar-refractivity contribution in [1.82, 2.24) is 5.01 Å². The van der Waals surface area contributed by atoms with Gasteiger partial charge in [-0.15, -0.1) is 0 Å². The third-order valence-electron chi connectivity index (χ3n) is 5.34. The van der Waals surface area contributed by atoms with E-state index >= 15 is 0 Å². The molecule has 2 heterocycles. The lowest BCUT2D eigenvalue weighted by molar-refractivity contribution is -0.0190. The molecule has 0 aromatic heterocycles. The first-order valence-corrected chi connectivity index (χ1v) is 10.5. The van der Waals surface area contributed by atoms with Gasteiger partial charge in [0.05, 0.1) is 23.3 Å². The average molecular weight is 470 g/mol. The molecule has 2 atom stereocenters. The fraction of sp³-hybridized carbons (Fsp3) is 0.174. The number of fused-ring (bicyclic) bond motifs is 3. The topological polar surface area (TPSA) is 34.1 Å². The zero-order valence-corrected chi connectivity index (χ0v) is 18.0. The largest absolute Gasteiger partial charge is 0.496 e. The third kappa shape index (κ3) is 3.28. The average Bonchev–Trinajstić information content (AvgIpc) is 3.19. The predicted molar refractivity (Wildman–Crippen MR) is 118 cm³/mol. The van der Waals surface area contributed by atoms with Crippen molar-refractivity contribution in [3.05, 3.63) is 92.9 Å². The number of nitrogens with zero attached hydrogens (tertiary/aromatic N) is 2. The molecule has 4 nitrogen and oxygen atoms in total. The van der Waals surface area contributed by atoms with Crippen molar-refractivity contribution in [3.8, 4) is 11.5 Å². The Morgan fingerprint density at radius 3 is 2.66 bits per heavy atom. The van der Waals surface area contributed by atoms with Crippen LogP contribution in [-0.2, 0) is 0 Å². The number of benzene rings is 3. The molecule has 3 aromatic carbocycles. The number of rotatable bonds is 3. The molecule has 0 aliphatic carbocycles. The lowest BCUT2D eigenvalue weighted by Crippen LogP contribution is -2.33. The van der Waals surface area contributed by atoms with Crippen LogP contribution in [0, 0.1) is 0 Å². The first-order valence-electron chi connectivity index (χ1n) is 9.35. The molecule has 0 amide bonds. The number of halogens is 2. The van der Waals surface area contributed by atoms with Crippen LogP contribution in [-0.4, -0.2) is 17.8 Å². The van der Waals surface area contributed by atoms with E-state index < -0.39 is 0 Å². The van der Waals surface area contributed by atoms with Gasteiger partial charge in [-0.25, -0.2) is 5.01 Å². The van der Waals surface area contributed by atoms with Gasteiger partial charge in [-0.05, 0) is 57.9 Å². The maximum absolute atomic E-state index is 6.40. The summed E-state index contributed by atoms with van der Waals surface area (Å²) in [6.07, 6.45) is 0.498. The molecule has 6 heteroatoms. The molecule has 0 bridgehead atoms. The van der Waals surface area contributed by atoms with Crippen LogP contribution in [0.2, 0.25) is 5.02 Å². The minimum absolute atomic E-state index is 0.122. The maximum atomic E-state index is 6.40. The highest BCUT2D eigenvalue weighted by molar-refractivity contribution is 9.10. The highest BCUT2D eigenvalue weighted by Gasteiger charge is 2.40. The summed E-state index contributed by atoms with van der Waals surface area (Å²) >= 11 is 9.65. The van der Waals surface area contributed by atoms with Crippen LogP contribution < -0.4 is 9.47 Å². The van der Waals surface area contributed by atoms with Crippen LogP contribution in [0.25, 0.3) is 0 Å². The molecule has 5 rings (SSSR count). The molecule has 3 aromatic rings. The second-order valence-electron chi connectivity index (χ2n) is 7.06. The van der Waals surface area contributed by atoms with Crippen molar-refractivity contribution in [1.29, 1.82) is 0 Å². The van der Waals surface area contributed by atoms with Crippen LogP contribution in [0.4, 0.5) is 0 Å². The van der Waals surface area contributed by atoms with Gasteiger partial charge in [0.15, 0.2) is 0 Å². The van der Waals surface area contributed by atoms with Crippen molar-refractivity contribution in [3.63, 3.8) is 0 Å². The normalized spacial score (nSPS) is 19.8. The first-order chi connectivity index (χ1) is 14.1. The Morgan fingerprint density at radius 1 is 1.10 bits per heavy atom. The fourth-order valence-electron chi connectivity index (χ4n) is 3.91. The van der Waals surface area contributed by atoms with E-state index in [2.05, 4.69) is 27.0 Å². The van der Waals surface area contributed by atoms with E-state index in [1.807, 2.05) is 60.7 Å². The van der Waals surface area contributed by atoms with Crippen LogP contribution in [0.5, 0.6) is 11.5 Å². The molecular weight excluding hydrogens is 452 g/mol. The van der Waals surface area contributed by atoms with Crippen LogP contribution in [0.1, 0.15) is 35.4 Å². The summed E-state index contributed by atoms with van der Waals surface area (Å²) in [4.78, 5) is 0. The summed E-state index contributed by atoms with van der Waals surface area (Å²) < 4.78 is 12.7. The third-order valence-corrected chi connectivity index (χ3v) is 6.21. The van der Waals surface area contributed by atoms with Gasteiger partial charge in [0.25, 0.3) is 0 Å². The van der Waals surface area contributed by atoms with Crippen molar-refractivity contribution in [2.24, 2.45) is 5.10 Å². The predicted octanol–water partition coefficient (Wildman–Crippen LogP) is 6.35. The molecule has 0 saturated carbocycles. The molecule has 0 unspecified atom stereocenters. The van der Waals surface area contributed by atoms with E-state index in [1.165, 1.54) is 0 Å². The van der Waals surface area contributed by atoms with Gasteiger partial charge in [0, 0.05) is 22.6 Å². The summed E-state index contributed by atoms with van der Waals surface area (Å²) in [5.74, 6) is 1.69. The summed E-state index contributed by atoms with van der Waals surface area (Å²) in [6, 6.07) is 22.2. The number of hydrazone groups is 1. The van der Waals surface area contributed by atoms with Crippen molar-refractivity contribution in [2.75, 3.05) is 7.11 Å². The van der Waals surface area contributed by atoms with E-state index in [0.29, 0.717) is 0 Å². The maximum Gasteiger partial charge on any atom is 0.213 e. The molecule has 0 fully saturated rings. The Kier molecular flexibility index (Phi) is 4.72. The van der Waals surface area contributed by atoms with Crippen LogP contribution in [0.15, 0.2) is 76.3 Å². The zero-order chi connectivity index (χ0) is 20.0. The summed E-state index contributed by atoms with van der Waals surface area (Å²) in [6.45, 7) is 0. The van der Waals surface area contributed by atoms with Crippen molar-refractivity contribution < 1.29 is 9.47 Å². The number of hydrogen-bond acceptors (Lipinski definition) is 4. The Morgan fingerprint density at radius 2 is 1.90 bits per heavy atom. The standard InChI is InChI=1S/C23H18BrClN2O2/c1-28-22-11-8-15(12-18(22)24)23-27-20(17-4-2-3-5-21(17)29-23)13-19(26-27)14-6-9-16(25)10-7-14/h2-12,20,23H,13H2,1H3/t20-,23-/m1/s1. The highest BCUT2D eigenvalue weighted by atomic mass is 79.9. The Hall–Kier alpha value is -2.50. The number of ether oxygens (including phenoxy) is 2. The lowest BCUT2D eigenvalue weighted by Gasteiger charge is -2.38. The second-order valence-corrected chi connectivity index (χ2v) is 8.35. The molecule has 0 saturated heterocycles. The summed E-state index contributed by atoms with van der Waals surface area (Å²) in [7, 11) is 1.66. The minimum atomic E-state index is -0.318. The molecular formula is C23H18BrClN2O2. The van der Waals surface area contributed by atoms with E-state index in [0.717, 1.165) is 49.8 Å². The van der Waals surface area contributed by atoms with Gasteiger partial charge in [-0.2, -0.15) is 5.10 Å². The molecule has 2 aliphatic heterocycles. The molecule has 29 heavy (non-hydrogen) atoms. The lowest BCUT2D eigenvalue weighted by atomic mass is 9.96. The molecule has 146 valence electrons. The van der Waals surface area contributed by atoms with Gasteiger partial charge in [0.2, 0.25) is 6.23 Å². The van der Waals surface area contributed by atoms with Gasteiger partial charge in [0.1, 0.15) is 11.5 Å². The summed E-state index contributed by atoms with van der Waals surface area (Å²) in [5, 5.41) is 7.77. The van der Waals surface area contributed by atoms with Crippen molar-refractivity contribution in [2.45, 2.75) is 18.7 Å². The fourth-order valence-corrected chi connectivity index (χ4v) is 4.59. The number of para-hydroxylation sites is 1. The van der Waals surface area contributed by atoms with E-state index in [4.69, 9.17) is 26.2 Å². The Labute approximate surface area is 182 Å². The molecule has 0 radical (unpaired) electrons. The minimum Gasteiger partial charge on any atom is -0.496 e. The first kappa shape index (κ1) is 18.5. The number of methoxy groups -OCH3 is 1. The smallest absolute Gasteiger partial charge is 0.213 e. The summed E-state index contributed by atoms with van der Waals surface area (Å²) in [5.41, 5.74) is 4.28. The Balaban J connectivity index is 1.58. The SMILES string of the molecule is COc1ccc([C@H]2Oc3ccccc3[C@H]3CC(c4ccc(Cl)cc4)=NN32)cc1Br. The van der Waals surface area contributed by atoms with Crippen molar-refractivity contribution >= 4 is 33.2 Å². The van der Waals surface area contributed by atoms with E-state index in [1.54, 1.807) is 7.11 Å². The van der Waals surface area contributed by atoms with Gasteiger partial charge < -0.3 is 9.47 Å². The second kappa shape index (κ2) is 7.39. The molecule has 0 spiro atoms.